The average molecular weight is 322 g/mol. The number of urea groups is 1. The van der Waals surface area contributed by atoms with Crippen LogP contribution >= 0.6 is 0 Å². The van der Waals surface area contributed by atoms with Gasteiger partial charge in [-0.3, -0.25) is 9.69 Å². The number of ether oxygens (including phenoxy) is 1. The number of aliphatic hydroxyl groups excluding tert-OH is 1. The van der Waals surface area contributed by atoms with Crippen LogP contribution in [0.1, 0.15) is 16.8 Å². The minimum atomic E-state index is -0.630. The van der Waals surface area contributed by atoms with E-state index in [1.54, 1.807) is 12.1 Å². The highest BCUT2D eigenvalue weighted by Crippen LogP contribution is 2.22. The van der Waals surface area contributed by atoms with E-state index in [-0.39, 0.29) is 30.3 Å². The molecule has 1 saturated heterocycles. The molecule has 0 bridgehead atoms. The number of benzene rings is 1. The number of aliphatic hydroxyl groups is 1. The predicted molar refractivity (Wildman–Crippen MR) is 85.6 cm³/mol. The second kappa shape index (κ2) is 7.30. The predicted octanol–water partition coefficient (Wildman–Crippen LogP) is -0.0194. The highest BCUT2D eigenvalue weighted by molar-refractivity contribution is 5.98. The van der Waals surface area contributed by atoms with Gasteiger partial charge in [0, 0.05) is 24.3 Å². The highest BCUT2D eigenvalue weighted by atomic mass is 16.5. The number of carbonyl (C=O) groups excluding carboxylic acids is 2. The van der Waals surface area contributed by atoms with Crippen molar-refractivity contribution in [3.63, 3.8) is 0 Å². The van der Waals surface area contributed by atoms with Gasteiger partial charge in [-0.2, -0.15) is 0 Å². The fourth-order valence-corrected chi connectivity index (χ4v) is 2.73. The number of nitrogens with one attached hydrogen (secondary N) is 2. The summed E-state index contributed by atoms with van der Waals surface area (Å²) in [5, 5.41) is 14.7. The van der Waals surface area contributed by atoms with Crippen molar-refractivity contribution in [2.45, 2.75) is 18.5 Å². The van der Waals surface area contributed by atoms with Gasteiger partial charge in [-0.05, 0) is 31.7 Å². The van der Waals surface area contributed by atoms with E-state index in [9.17, 15) is 14.7 Å². The molecule has 3 amide bonds. The van der Waals surface area contributed by atoms with Crippen molar-refractivity contribution in [1.82, 2.24) is 10.2 Å². The first-order valence-corrected chi connectivity index (χ1v) is 7.31. The van der Waals surface area contributed by atoms with Crippen molar-refractivity contribution in [2.75, 3.05) is 32.6 Å². The fourth-order valence-electron chi connectivity index (χ4n) is 2.73. The third-order valence-corrected chi connectivity index (χ3v) is 3.96. The monoisotopic (exact) mass is 322 g/mol. The molecule has 8 heteroatoms. The molecule has 8 nitrogen and oxygen atoms in total. The van der Waals surface area contributed by atoms with Crippen molar-refractivity contribution >= 4 is 17.6 Å². The molecular formula is C15H22N4O4. The van der Waals surface area contributed by atoms with E-state index < -0.39 is 5.91 Å². The van der Waals surface area contributed by atoms with Crippen LogP contribution in [0, 0.1) is 0 Å². The minimum absolute atomic E-state index is 0.0361. The van der Waals surface area contributed by atoms with E-state index in [0.29, 0.717) is 24.4 Å². The summed E-state index contributed by atoms with van der Waals surface area (Å²) in [6, 6.07) is 4.32. The Balaban J connectivity index is 1.98. The van der Waals surface area contributed by atoms with Crippen molar-refractivity contribution in [2.24, 2.45) is 5.73 Å². The van der Waals surface area contributed by atoms with E-state index in [0.717, 1.165) is 0 Å². The van der Waals surface area contributed by atoms with Crippen molar-refractivity contribution in [3.05, 3.63) is 23.8 Å². The van der Waals surface area contributed by atoms with Crippen LogP contribution in [0.5, 0.6) is 5.75 Å². The summed E-state index contributed by atoms with van der Waals surface area (Å²) in [7, 11) is 3.35. The lowest BCUT2D eigenvalue weighted by atomic mass is 10.1. The van der Waals surface area contributed by atoms with E-state index in [1.807, 2.05) is 11.9 Å². The van der Waals surface area contributed by atoms with Crippen LogP contribution in [0.2, 0.25) is 0 Å². The molecule has 0 unspecified atom stereocenters. The smallest absolute Gasteiger partial charge is 0.319 e. The van der Waals surface area contributed by atoms with Gasteiger partial charge in [0.15, 0.2) is 0 Å². The minimum Gasteiger partial charge on any atom is -0.496 e. The van der Waals surface area contributed by atoms with Crippen LogP contribution in [0.25, 0.3) is 0 Å². The first-order chi connectivity index (χ1) is 10.9. The summed E-state index contributed by atoms with van der Waals surface area (Å²) in [5.41, 5.74) is 5.94. The van der Waals surface area contributed by atoms with Crippen molar-refractivity contribution in [1.29, 1.82) is 0 Å². The number of hydrogen-bond acceptors (Lipinski definition) is 5. The second-order valence-electron chi connectivity index (χ2n) is 5.59. The van der Waals surface area contributed by atoms with E-state index in [2.05, 4.69) is 10.6 Å². The number of nitrogens with two attached hydrogens (primary N) is 1. The number of primary amides is 1. The van der Waals surface area contributed by atoms with E-state index >= 15 is 0 Å². The summed E-state index contributed by atoms with van der Waals surface area (Å²) < 4.78 is 5.05. The number of rotatable bonds is 5. The maximum atomic E-state index is 12.1. The van der Waals surface area contributed by atoms with Gasteiger partial charge in [0.1, 0.15) is 5.75 Å². The van der Waals surface area contributed by atoms with Gasteiger partial charge in [-0.1, -0.05) is 0 Å². The molecule has 23 heavy (non-hydrogen) atoms. The molecule has 0 aliphatic carbocycles. The Bertz CT molecular complexity index is 593. The summed E-state index contributed by atoms with van der Waals surface area (Å²) >= 11 is 0. The molecule has 1 fully saturated rings. The largest absolute Gasteiger partial charge is 0.496 e. The van der Waals surface area contributed by atoms with Gasteiger partial charge in [0.2, 0.25) is 0 Å². The third-order valence-electron chi connectivity index (χ3n) is 3.96. The lowest BCUT2D eigenvalue weighted by Crippen LogP contribution is -2.39. The number of nitrogens with zero attached hydrogens (tertiary/aromatic N) is 1. The molecule has 2 rings (SSSR count). The molecule has 1 aromatic rings. The zero-order valence-electron chi connectivity index (χ0n) is 13.2. The molecule has 1 aliphatic rings. The summed E-state index contributed by atoms with van der Waals surface area (Å²) in [6.45, 7) is 0.741. The lowest BCUT2D eigenvalue weighted by Gasteiger charge is -2.15. The highest BCUT2D eigenvalue weighted by Gasteiger charge is 2.29. The van der Waals surface area contributed by atoms with E-state index in [4.69, 9.17) is 10.5 Å². The van der Waals surface area contributed by atoms with Gasteiger partial charge < -0.3 is 26.2 Å². The summed E-state index contributed by atoms with van der Waals surface area (Å²) in [4.78, 5) is 25.4. The fraction of sp³-hybridized carbons (Fsp3) is 0.467. The lowest BCUT2D eigenvalue weighted by molar-refractivity contribution is 0.0997. The van der Waals surface area contributed by atoms with Crippen LogP contribution < -0.4 is 21.1 Å². The van der Waals surface area contributed by atoms with Crippen LogP contribution in [-0.2, 0) is 0 Å². The van der Waals surface area contributed by atoms with Crippen molar-refractivity contribution < 1.29 is 19.4 Å². The normalized spacial score (nSPS) is 21.0. The Hall–Kier alpha value is -2.32. The standard InChI is InChI=1S/C15H22N4O4/c1-19-7-10(5-11(19)8-20)18-15(22)17-9-3-4-13(23-2)12(6-9)14(16)21/h3-4,6,10-11,20H,5,7-8H2,1-2H3,(H2,16,21)(H2,17,18,22)/t10-,11+/m1/s1. The summed E-state index contributed by atoms with van der Waals surface area (Å²) in [6.07, 6.45) is 0.690. The quantitative estimate of drug-likeness (QED) is 0.608. The number of likely N-dealkylation sites (tertiary alicyclic amines) is 1. The number of hydrogen-bond donors (Lipinski definition) is 4. The van der Waals surface area contributed by atoms with Gasteiger partial charge in [-0.25, -0.2) is 4.79 Å². The molecule has 126 valence electrons. The average Bonchev–Trinajstić information content (AvgIpc) is 2.86. The van der Waals surface area contributed by atoms with Gasteiger partial charge in [0.25, 0.3) is 5.91 Å². The first-order valence-electron chi connectivity index (χ1n) is 7.31. The maximum absolute atomic E-state index is 12.1. The van der Waals surface area contributed by atoms with Crippen molar-refractivity contribution in [3.8, 4) is 5.75 Å². The molecular weight excluding hydrogens is 300 g/mol. The van der Waals surface area contributed by atoms with Crippen LogP contribution in [-0.4, -0.2) is 61.3 Å². The van der Waals surface area contributed by atoms with Crippen LogP contribution in [0.4, 0.5) is 10.5 Å². The Labute approximate surface area is 134 Å². The Kier molecular flexibility index (Phi) is 5.41. The molecule has 1 aliphatic heterocycles. The number of amides is 3. The van der Waals surface area contributed by atoms with Gasteiger partial charge >= 0.3 is 6.03 Å². The molecule has 0 spiro atoms. The molecule has 0 saturated carbocycles. The number of methoxy groups -OCH3 is 1. The molecule has 0 radical (unpaired) electrons. The van der Waals surface area contributed by atoms with Gasteiger partial charge in [0.05, 0.1) is 19.3 Å². The zero-order chi connectivity index (χ0) is 17.0. The first kappa shape index (κ1) is 17.0. The Morgan fingerprint density at radius 2 is 2.22 bits per heavy atom. The zero-order valence-corrected chi connectivity index (χ0v) is 13.2. The van der Waals surface area contributed by atoms with E-state index in [1.165, 1.54) is 13.2 Å². The number of likely N-dealkylation sites (N-methyl/N-ethyl adjacent to an activating group) is 1. The molecule has 1 heterocycles. The molecule has 0 aromatic heterocycles. The third kappa shape index (κ3) is 4.11. The topological polar surface area (TPSA) is 117 Å². The number of anilines is 1. The van der Waals surface area contributed by atoms with Crippen LogP contribution in [0.15, 0.2) is 18.2 Å². The van der Waals surface area contributed by atoms with Crippen LogP contribution in [0.3, 0.4) is 0 Å². The second-order valence-corrected chi connectivity index (χ2v) is 5.59. The SMILES string of the molecule is COc1ccc(NC(=O)N[C@@H]2C[C@@H](CO)N(C)C2)cc1C(N)=O. The van der Waals surface area contributed by atoms with Gasteiger partial charge in [-0.15, -0.1) is 0 Å². The summed E-state index contributed by atoms with van der Waals surface area (Å²) in [5.74, 6) is -0.277. The Morgan fingerprint density at radius 1 is 1.48 bits per heavy atom. The maximum Gasteiger partial charge on any atom is 0.319 e. The molecule has 2 atom stereocenters. The number of carbonyl (C=O) groups is 2. The Morgan fingerprint density at radius 3 is 2.78 bits per heavy atom. The molecule has 1 aromatic carbocycles. The molecule has 5 N–H and O–H groups in total.